The molecule has 6 nitrogen and oxygen atoms in total. The Hall–Kier alpha value is -2.80. The lowest BCUT2D eigenvalue weighted by atomic mass is 10.0. The molecule has 7 heteroatoms. The molecule has 2 aromatic heterocycles. The van der Waals surface area contributed by atoms with Crippen molar-refractivity contribution in [3.05, 3.63) is 75.4 Å². The molecule has 0 N–H and O–H groups in total. The van der Waals surface area contributed by atoms with Crippen LogP contribution in [0.4, 0.5) is 5.95 Å². The van der Waals surface area contributed by atoms with E-state index in [1.54, 1.807) is 23.9 Å². The van der Waals surface area contributed by atoms with Crippen molar-refractivity contribution < 1.29 is 0 Å². The predicted octanol–water partition coefficient (Wildman–Crippen LogP) is 3.29. The molecule has 4 rings (SSSR count). The third-order valence-corrected chi connectivity index (χ3v) is 5.30. The van der Waals surface area contributed by atoms with Crippen LogP contribution in [0.3, 0.4) is 0 Å². The van der Waals surface area contributed by atoms with Crippen LogP contribution in [0, 0.1) is 0 Å². The molecule has 0 bridgehead atoms. The fraction of sp³-hybridized carbons (Fsp3) is 0.200. The lowest BCUT2D eigenvalue weighted by Gasteiger charge is -2.30. The highest BCUT2D eigenvalue weighted by molar-refractivity contribution is 9.10. The van der Waals surface area contributed by atoms with Crippen molar-refractivity contribution in [2.24, 2.45) is 7.05 Å². The van der Waals surface area contributed by atoms with Gasteiger partial charge in [-0.25, -0.2) is 15.0 Å². The second kappa shape index (κ2) is 7.44. The molecule has 0 saturated heterocycles. The molecule has 0 atom stereocenters. The van der Waals surface area contributed by atoms with Gasteiger partial charge in [-0.15, -0.1) is 0 Å². The highest BCUT2D eigenvalue weighted by atomic mass is 79.9. The van der Waals surface area contributed by atoms with Crippen molar-refractivity contribution >= 4 is 27.5 Å². The van der Waals surface area contributed by atoms with Gasteiger partial charge in [0.15, 0.2) is 0 Å². The van der Waals surface area contributed by atoms with E-state index in [-0.39, 0.29) is 5.56 Å². The Morgan fingerprint density at radius 2 is 2.00 bits per heavy atom. The molecule has 0 unspecified atom stereocenters. The first-order chi connectivity index (χ1) is 13.1. The number of hydrogen-bond donors (Lipinski definition) is 0. The van der Waals surface area contributed by atoms with Gasteiger partial charge in [-0.3, -0.25) is 9.36 Å². The van der Waals surface area contributed by atoms with Crippen LogP contribution in [0.5, 0.6) is 0 Å². The van der Waals surface area contributed by atoms with Gasteiger partial charge in [0.25, 0.3) is 5.56 Å². The summed E-state index contributed by atoms with van der Waals surface area (Å²) in [6, 6.07) is 11.4. The Morgan fingerprint density at radius 1 is 1.15 bits per heavy atom. The summed E-state index contributed by atoms with van der Waals surface area (Å²) in [7, 11) is 1.75. The van der Waals surface area contributed by atoms with Crippen molar-refractivity contribution in [2.45, 2.75) is 6.42 Å². The SMILES string of the molecule is Cn1c(N2CCC=C(c3ccccc3Br)C2)nc(-c2ccncn2)cc1=O. The molecule has 1 aliphatic heterocycles. The van der Waals surface area contributed by atoms with Crippen molar-refractivity contribution in [2.75, 3.05) is 18.0 Å². The van der Waals surface area contributed by atoms with Crippen LogP contribution in [0.15, 0.2) is 64.3 Å². The minimum absolute atomic E-state index is 0.106. The summed E-state index contributed by atoms with van der Waals surface area (Å²) in [6.45, 7) is 1.50. The number of nitrogens with zero attached hydrogens (tertiary/aromatic N) is 5. The number of hydrogen-bond acceptors (Lipinski definition) is 5. The van der Waals surface area contributed by atoms with Gasteiger partial charge >= 0.3 is 0 Å². The summed E-state index contributed by atoms with van der Waals surface area (Å²) < 4.78 is 2.66. The standard InChI is InChI=1S/C20H18BrN5O/c1-25-19(27)11-18(17-8-9-22-13-23-17)24-20(25)26-10-4-5-14(12-26)15-6-2-3-7-16(15)21/h2-3,5-9,11,13H,4,10,12H2,1H3. The fourth-order valence-corrected chi connectivity index (χ4v) is 3.75. The minimum Gasteiger partial charge on any atom is -0.338 e. The van der Waals surface area contributed by atoms with Crippen LogP contribution in [-0.4, -0.2) is 32.6 Å². The largest absolute Gasteiger partial charge is 0.338 e. The maximum absolute atomic E-state index is 12.5. The molecule has 27 heavy (non-hydrogen) atoms. The zero-order chi connectivity index (χ0) is 18.8. The third-order valence-electron chi connectivity index (χ3n) is 4.61. The first-order valence-corrected chi connectivity index (χ1v) is 9.46. The van der Waals surface area contributed by atoms with Crippen molar-refractivity contribution in [3.63, 3.8) is 0 Å². The molecule has 0 aliphatic carbocycles. The highest BCUT2D eigenvalue weighted by Crippen LogP contribution is 2.29. The number of halogens is 1. The quantitative estimate of drug-likeness (QED) is 0.646. The molecule has 1 aromatic carbocycles. The molecular formula is C20H18BrN5O. The molecule has 136 valence electrons. The van der Waals surface area contributed by atoms with E-state index in [2.05, 4.69) is 42.9 Å². The number of aromatic nitrogens is 4. The number of anilines is 1. The lowest BCUT2D eigenvalue weighted by molar-refractivity contribution is 0.726. The molecule has 0 radical (unpaired) electrons. The number of benzene rings is 1. The number of rotatable bonds is 3. The van der Waals surface area contributed by atoms with Gasteiger partial charge < -0.3 is 4.90 Å². The van der Waals surface area contributed by atoms with Gasteiger partial charge in [-0.2, -0.15) is 0 Å². The molecule has 0 saturated carbocycles. The van der Waals surface area contributed by atoms with E-state index < -0.39 is 0 Å². The Kier molecular flexibility index (Phi) is 4.85. The van der Waals surface area contributed by atoms with E-state index in [1.807, 2.05) is 18.2 Å². The normalized spacial score (nSPS) is 14.1. The van der Waals surface area contributed by atoms with E-state index in [9.17, 15) is 4.79 Å². The van der Waals surface area contributed by atoms with E-state index in [4.69, 9.17) is 4.98 Å². The van der Waals surface area contributed by atoms with Gasteiger partial charge in [-0.05, 0) is 29.7 Å². The Labute approximate surface area is 165 Å². The van der Waals surface area contributed by atoms with Crippen LogP contribution >= 0.6 is 15.9 Å². The average molecular weight is 424 g/mol. The van der Waals surface area contributed by atoms with Crippen molar-refractivity contribution in [3.8, 4) is 11.4 Å². The summed E-state index contributed by atoms with van der Waals surface area (Å²) in [6.07, 6.45) is 6.26. The van der Waals surface area contributed by atoms with Gasteiger partial charge in [-0.1, -0.05) is 40.2 Å². The maximum atomic E-state index is 12.5. The molecular weight excluding hydrogens is 406 g/mol. The monoisotopic (exact) mass is 423 g/mol. The first kappa shape index (κ1) is 17.6. The minimum atomic E-state index is -0.106. The van der Waals surface area contributed by atoms with Crippen LogP contribution in [0.1, 0.15) is 12.0 Å². The van der Waals surface area contributed by atoms with Crippen LogP contribution in [-0.2, 0) is 7.05 Å². The van der Waals surface area contributed by atoms with Crippen LogP contribution < -0.4 is 10.5 Å². The summed E-state index contributed by atoms with van der Waals surface area (Å²) in [5, 5.41) is 0. The Bertz CT molecular complexity index is 1060. The fourth-order valence-electron chi connectivity index (χ4n) is 3.21. The van der Waals surface area contributed by atoms with Gasteiger partial charge in [0.05, 0.1) is 11.4 Å². The summed E-state index contributed by atoms with van der Waals surface area (Å²) >= 11 is 3.63. The zero-order valence-electron chi connectivity index (χ0n) is 14.8. The smallest absolute Gasteiger partial charge is 0.255 e. The van der Waals surface area contributed by atoms with Crippen molar-refractivity contribution in [1.82, 2.24) is 19.5 Å². The molecule has 3 heterocycles. The molecule has 0 spiro atoms. The summed E-state index contributed by atoms with van der Waals surface area (Å²) in [4.78, 5) is 27.5. The van der Waals surface area contributed by atoms with E-state index in [1.165, 1.54) is 23.5 Å². The molecule has 1 aliphatic rings. The second-order valence-electron chi connectivity index (χ2n) is 6.35. The summed E-state index contributed by atoms with van der Waals surface area (Å²) in [5.41, 5.74) is 3.48. The van der Waals surface area contributed by atoms with Gasteiger partial charge in [0.1, 0.15) is 6.33 Å². The molecule has 0 amide bonds. The van der Waals surface area contributed by atoms with Gasteiger partial charge in [0.2, 0.25) is 5.95 Å². The average Bonchev–Trinajstić information content (AvgIpc) is 2.71. The Balaban J connectivity index is 1.72. The van der Waals surface area contributed by atoms with Gasteiger partial charge in [0, 0.05) is 36.9 Å². The maximum Gasteiger partial charge on any atom is 0.255 e. The predicted molar refractivity (Wildman–Crippen MR) is 109 cm³/mol. The molecule has 0 fully saturated rings. The van der Waals surface area contributed by atoms with Crippen LogP contribution in [0.25, 0.3) is 17.0 Å². The summed E-state index contributed by atoms with van der Waals surface area (Å²) in [5.74, 6) is 0.647. The first-order valence-electron chi connectivity index (χ1n) is 8.67. The highest BCUT2D eigenvalue weighted by Gasteiger charge is 2.20. The van der Waals surface area contributed by atoms with E-state index in [0.29, 0.717) is 23.9 Å². The topological polar surface area (TPSA) is 63.9 Å². The van der Waals surface area contributed by atoms with Crippen molar-refractivity contribution in [1.29, 1.82) is 0 Å². The molecule has 3 aromatic rings. The lowest BCUT2D eigenvalue weighted by Crippen LogP contribution is -2.35. The van der Waals surface area contributed by atoms with E-state index in [0.717, 1.165) is 17.4 Å². The second-order valence-corrected chi connectivity index (χ2v) is 7.21. The van der Waals surface area contributed by atoms with E-state index >= 15 is 0 Å². The Morgan fingerprint density at radius 3 is 2.78 bits per heavy atom. The van der Waals surface area contributed by atoms with Crippen LogP contribution in [0.2, 0.25) is 0 Å². The zero-order valence-corrected chi connectivity index (χ0v) is 16.4. The third kappa shape index (κ3) is 3.55.